The third-order valence-corrected chi connectivity index (χ3v) is 2.87. The molecule has 0 aliphatic heterocycles. The minimum absolute atomic E-state index is 0.00451. The van der Waals surface area contributed by atoms with Gasteiger partial charge in [0.2, 0.25) is 5.91 Å². The Hall–Kier alpha value is -0.935. The highest BCUT2D eigenvalue weighted by Crippen LogP contribution is 2.13. The fraction of sp³-hybridized carbons (Fsp3) is 0.364. The summed E-state index contributed by atoms with van der Waals surface area (Å²) in [5.41, 5.74) is 1.89. The van der Waals surface area contributed by atoms with Crippen LogP contribution in [0.2, 0.25) is 0 Å². The van der Waals surface area contributed by atoms with Crippen LogP contribution >= 0.6 is 11.9 Å². The fourth-order valence-corrected chi connectivity index (χ4v) is 1.88. The second-order valence-corrected chi connectivity index (χ2v) is 4.46. The molecular formula is C11H15BN2OS. The summed E-state index contributed by atoms with van der Waals surface area (Å²) in [5, 5.41) is 2.72. The Bertz CT molecular complexity index is 371. The summed E-state index contributed by atoms with van der Waals surface area (Å²) in [6.07, 6.45) is 0. The van der Waals surface area contributed by atoms with Crippen molar-refractivity contribution in [2.45, 2.75) is 18.7 Å². The fourth-order valence-electron chi connectivity index (χ4n) is 1.14. The van der Waals surface area contributed by atoms with E-state index >= 15 is 0 Å². The van der Waals surface area contributed by atoms with E-state index in [0.717, 1.165) is 22.5 Å². The number of rotatable bonds is 5. The molecule has 1 rings (SSSR count). The van der Waals surface area contributed by atoms with Crippen LogP contribution in [0.5, 0.6) is 0 Å². The lowest BCUT2D eigenvalue weighted by Crippen LogP contribution is -2.27. The quantitative estimate of drug-likeness (QED) is 0.443. The van der Waals surface area contributed by atoms with Gasteiger partial charge in [0, 0.05) is 24.9 Å². The van der Waals surface area contributed by atoms with Crippen LogP contribution in [0.25, 0.3) is 0 Å². The largest absolute Gasteiger partial charge is 0.355 e. The van der Waals surface area contributed by atoms with Crippen molar-refractivity contribution in [1.29, 1.82) is 0 Å². The maximum absolute atomic E-state index is 10.6. The van der Waals surface area contributed by atoms with Crippen molar-refractivity contribution in [3.63, 3.8) is 0 Å². The van der Waals surface area contributed by atoms with E-state index in [1.165, 1.54) is 18.9 Å². The zero-order valence-electron chi connectivity index (χ0n) is 9.54. The average Bonchev–Trinajstić information content (AvgIpc) is 2.22. The Balaban J connectivity index is 2.27. The van der Waals surface area contributed by atoms with Gasteiger partial charge in [0.05, 0.1) is 0 Å². The van der Waals surface area contributed by atoms with Crippen LogP contribution in [0, 0.1) is 6.92 Å². The SMILES string of the molecule is [B]c1ccc(SNCCNC(C)=O)cc1C. The molecule has 1 aromatic rings. The molecule has 3 nitrogen and oxygen atoms in total. The lowest BCUT2D eigenvalue weighted by Gasteiger charge is -2.06. The van der Waals surface area contributed by atoms with Crippen LogP contribution in [0.4, 0.5) is 0 Å². The number of hydrogen-bond acceptors (Lipinski definition) is 3. The van der Waals surface area contributed by atoms with Gasteiger partial charge in [-0.15, -0.1) is 0 Å². The second kappa shape index (κ2) is 6.61. The molecule has 0 heterocycles. The van der Waals surface area contributed by atoms with E-state index in [9.17, 15) is 4.79 Å². The van der Waals surface area contributed by atoms with Gasteiger partial charge in [-0.1, -0.05) is 17.1 Å². The highest BCUT2D eigenvalue weighted by Gasteiger charge is 1.97. The summed E-state index contributed by atoms with van der Waals surface area (Å²) in [4.78, 5) is 11.7. The van der Waals surface area contributed by atoms with Crippen LogP contribution in [-0.4, -0.2) is 26.8 Å². The number of amides is 1. The Kier molecular flexibility index (Phi) is 5.42. The Morgan fingerprint density at radius 2 is 2.19 bits per heavy atom. The highest BCUT2D eigenvalue weighted by atomic mass is 32.2. The van der Waals surface area contributed by atoms with Gasteiger partial charge in [-0.3, -0.25) is 9.52 Å². The molecule has 84 valence electrons. The van der Waals surface area contributed by atoms with E-state index in [-0.39, 0.29) is 5.91 Å². The van der Waals surface area contributed by atoms with E-state index < -0.39 is 0 Å². The molecule has 0 spiro atoms. The van der Waals surface area contributed by atoms with Gasteiger partial charge in [-0.05, 0) is 31.0 Å². The molecule has 0 bridgehead atoms. The topological polar surface area (TPSA) is 41.1 Å². The predicted molar refractivity (Wildman–Crippen MR) is 69.1 cm³/mol. The maximum atomic E-state index is 10.6. The number of hydrogen-bond donors (Lipinski definition) is 2. The second-order valence-electron chi connectivity index (χ2n) is 3.50. The molecule has 0 unspecified atom stereocenters. The minimum Gasteiger partial charge on any atom is -0.355 e. The Labute approximate surface area is 102 Å². The van der Waals surface area contributed by atoms with E-state index in [1.54, 1.807) is 0 Å². The molecule has 1 aromatic carbocycles. The van der Waals surface area contributed by atoms with Gasteiger partial charge in [0.25, 0.3) is 0 Å². The summed E-state index contributed by atoms with van der Waals surface area (Å²) in [6.45, 7) is 4.86. The molecule has 0 aliphatic rings. The Morgan fingerprint density at radius 3 is 2.81 bits per heavy atom. The predicted octanol–water partition coefficient (Wildman–Crippen LogP) is 0.522. The third kappa shape index (κ3) is 4.72. The van der Waals surface area contributed by atoms with Gasteiger partial charge >= 0.3 is 0 Å². The van der Waals surface area contributed by atoms with Gasteiger partial charge in [0.1, 0.15) is 7.85 Å². The summed E-state index contributed by atoms with van der Waals surface area (Å²) in [5.74, 6) is -0.00451. The first-order valence-corrected chi connectivity index (χ1v) is 5.91. The van der Waals surface area contributed by atoms with Crippen molar-refractivity contribution in [1.82, 2.24) is 10.0 Å². The average molecular weight is 234 g/mol. The van der Waals surface area contributed by atoms with Crippen LogP contribution in [0.3, 0.4) is 0 Å². The first-order valence-electron chi connectivity index (χ1n) is 5.10. The summed E-state index contributed by atoms with van der Waals surface area (Å²) >= 11 is 1.54. The van der Waals surface area contributed by atoms with Crippen molar-refractivity contribution in [2.75, 3.05) is 13.1 Å². The first kappa shape index (κ1) is 13.1. The van der Waals surface area contributed by atoms with Crippen LogP contribution in [-0.2, 0) is 4.79 Å². The molecule has 16 heavy (non-hydrogen) atoms. The lowest BCUT2D eigenvalue weighted by molar-refractivity contribution is -0.118. The summed E-state index contributed by atoms with van der Waals surface area (Å²) in [7, 11) is 5.72. The minimum atomic E-state index is -0.00451. The normalized spacial score (nSPS) is 10.1. The van der Waals surface area contributed by atoms with Crippen LogP contribution in [0.15, 0.2) is 23.1 Å². The zero-order valence-corrected chi connectivity index (χ0v) is 10.4. The standard InChI is InChI=1S/C11H15BN2OS/c1-8-7-10(3-4-11(8)12)16-14-6-5-13-9(2)15/h3-4,7,14H,5-6H2,1-2H3,(H,13,15). The highest BCUT2D eigenvalue weighted by molar-refractivity contribution is 7.97. The molecule has 0 atom stereocenters. The zero-order chi connectivity index (χ0) is 12.0. The molecule has 0 saturated carbocycles. The molecule has 2 N–H and O–H groups in total. The molecule has 0 saturated heterocycles. The maximum Gasteiger partial charge on any atom is 0.216 e. The monoisotopic (exact) mass is 234 g/mol. The van der Waals surface area contributed by atoms with Gasteiger partial charge < -0.3 is 5.32 Å². The van der Waals surface area contributed by atoms with Gasteiger partial charge in [0.15, 0.2) is 0 Å². The number of aryl methyl sites for hydroxylation is 1. The molecule has 0 fully saturated rings. The van der Waals surface area contributed by atoms with Crippen molar-refractivity contribution in [3.05, 3.63) is 23.8 Å². The number of benzene rings is 1. The molecule has 0 aromatic heterocycles. The van der Waals surface area contributed by atoms with Crippen molar-refractivity contribution in [2.24, 2.45) is 0 Å². The van der Waals surface area contributed by atoms with E-state index in [4.69, 9.17) is 7.85 Å². The number of nitrogens with one attached hydrogen (secondary N) is 2. The van der Waals surface area contributed by atoms with Gasteiger partial charge in [-0.2, -0.15) is 0 Å². The lowest BCUT2D eigenvalue weighted by atomic mass is 9.92. The molecule has 0 aliphatic carbocycles. The van der Waals surface area contributed by atoms with Crippen molar-refractivity contribution in [3.8, 4) is 0 Å². The Morgan fingerprint density at radius 1 is 1.44 bits per heavy atom. The van der Waals surface area contributed by atoms with Crippen molar-refractivity contribution < 1.29 is 4.79 Å². The van der Waals surface area contributed by atoms with Gasteiger partial charge in [-0.25, -0.2) is 0 Å². The van der Waals surface area contributed by atoms with Crippen LogP contribution in [0.1, 0.15) is 12.5 Å². The molecule has 1 amide bonds. The molecular weight excluding hydrogens is 219 g/mol. The van der Waals surface area contributed by atoms with Crippen molar-refractivity contribution >= 4 is 31.2 Å². The van der Waals surface area contributed by atoms with E-state index in [0.29, 0.717) is 6.54 Å². The summed E-state index contributed by atoms with van der Waals surface area (Å²) in [6, 6.07) is 5.90. The molecule has 5 heteroatoms. The third-order valence-electron chi connectivity index (χ3n) is 2.03. The number of carbonyl (C=O) groups excluding carboxylic acids is 1. The van der Waals surface area contributed by atoms with Crippen LogP contribution < -0.4 is 15.5 Å². The van der Waals surface area contributed by atoms with E-state index in [1.807, 2.05) is 25.1 Å². The summed E-state index contributed by atoms with van der Waals surface area (Å²) < 4.78 is 3.16. The van der Waals surface area contributed by atoms with E-state index in [2.05, 4.69) is 10.0 Å². The number of carbonyl (C=O) groups is 1. The first-order chi connectivity index (χ1) is 7.59. The molecule has 2 radical (unpaired) electrons. The smallest absolute Gasteiger partial charge is 0.216 e.